The number of benzene rings is 1. The second-order valence-corrected chi connectivity index (χ2v) is 3.49. The molecule has 2 N–H and O–H groups in total. The van der Waals surface area contributed by atoms with Gasteiger partial charge >= 0.3 is 0 Å². The summed E-state index contributed by atoms with van der Waals surface area (Å²) in [6.45, 7) is 0.587. The maximum atomic E-state index is 11.5. The number of nitrogens with zero attached hydrogens (tertiary/aromatic N) is 1. The SMILES string of the molecule is O=C(NCCCCO)c1ccc([N+](=O)[O-])cc1. The van der Waals surface area contributed by atoms with Crippen molar-refractivity contribution in [3.8, 4) is 0 Å². The Morgan fingerprint density at radius 1 is 1.29 bits per heavy atom. The molecule has 1 amide bonds. The minimum atomic E-state index is -0.511. The zero-order valence-corrected chi connectivity index (χ0v) is 9.26. The number of carbonyl (C=O) groups is 1. The van der Waals surface area contributed by atoms with Gasteiger partial charge in [-0.2, -0.15) is 0 Å². The second-order valence-electron chi connectivity index (χ2n) is 3.49. The summed E-state index contributed by atoms with van der Waals surface area (Å²) in [5, 5.41) is 21.6. The Hall–Kier alpha value is -1.95. The molecule has 0 aliphatic heterocycles. The van der Waals surface area contributed by atoms with Crippen molar-refractivity contribution in [1.82, 2.24) is 5.32 Å². The molecule has 92 valence electrons. The molecule has 0 atom stereocenters. The summed E-state index contributed by atoms with van der Waals surface area (Å²) in [5.41, 5.74) is 0.349. The number of non-ortho nitro benzene ring substituents is 1. The molecule has 0 aromatic heterocycles. The van der Waals surface area contributed by atoms with Gasteiger partial charge in [-0.1, -0.05) is 0 Å². The van der Waals surface area contributed by atoms with Crippen LogP contribution in [0.25, 0.3) is 0 Å². The predicted molar refractivity (Wildman–Crippen MR) is 61.7 cm³/mol. The molecule has 0 saturated heterocycles. The highest BCUT2D eigenvalue weighted by molar-refractivity contribution is 5.94. The summed E-state index contributed by atoms with van der Waals surface area (Å²) in [6.07, 6.45) is 1.34. The lowest BCUT2D eigenvalue weighted by atomic mass is 10.2. The van der Waals surface area contributed by atoms with Crippen LogP contribution in [0, 0.1) is 10.1 Å². The highest BCUT2D eigenvalue weighted by atomic mass is 16.6. The number of unbranched alkanes of at least 4 members (excludes halogenated alkanes) is 1. The van der Waals surface area contributed by atoms with Crippen LogP contribution in [0.2, 0.25) is 0 Å². The van der Waals surface area contributed by atoms with Crippen molar-refractivity contribution in [3.05, 3.63) is 39.9 Å². The molecule has 0 heterocycles. The quantitative estimate of drug-likeness (QED) is 0.441. The van der Waals surface area contributed by atoms with Gasteiger partial charge in [-0.3, -0.25) is 14.9 Å². The number of aliphatic hydroxyl groups is 1. The first-order valence-electron chi connectivity index (χ1n) is 5.28. The number of carbonyl (C=O) groups excluding carboxylic acids is 1. The van der Waals surface area contributed by atoms with Crippen molar-refractivity contribution in [2.45, 2.75) is 12.8 Å². The third-order valence-electron chi connectivity index (χ3n) is 2.21. The molecular weight excluding hydrogens is 224 g/mol. The standard InChI is InChI=1S/C11H14N2O4/c14-8-2-1-7-12-11(15)9-3-5-10(6-4-9)13(16)17/h3-6,14H,1-2,7-8H2,(H,12,15). The van der Waals surface area contributed by atoms with Gasteiger partial charge in [0.25, 0.3) is 11.6 Å². The Balaban J connectivity index is 2.49. The van der Waals surface area contributed by atoms with E-state index in [1.54, 1.807) is 0 Å². The maximum absolute atomic E-state index is 11.5. The summed E-state index contributed by atoms with van der Waals surface area (Å²) in [5.74, 6) is -0.266. The van der Waals surface area contributed by atoms with Crippen LogP contribution < -0.4 is 5.32 Å². The van der Waals surface area contributed by atoms with Gasteiger partial charge in [-0.15, -0.1) is 0 Å². The van der Waals surface area contributed by atoms with E-state index >= 15 is 0 Å². The minimum Gasteiger partial charge on any atom is -0.396 e. The molecule has 0 aliphatic carbocycles. The van der Waals surface area contributed by atoms with Gasteiger partial charge in [-0.25, -0.2) is 0 Å². The van der Waals surface area contributed by atoms with Crippen LogP contribution in [0.3, 0.4) is 0 Å². The Kier molecular flexibility index (Phi) is 5.09. The maximum Gasteiger partial charge on any atom is 0.269 e. The fourth-order valence-corrected chi connectivity index (χ4v) is 1.28. The molecule has 6 heteroatoms. The Labute approximate surface area is 98.4 Å². The van der Waals surface area contributed by atoms with Gasteiger partial charge < -0.3 is 10.4 Å². The lowest BCUT2D eigenvalue weighted by Gasteiger charge is -2.04. The molecule has 1 aromatic carbocycles. The van der Waals surface area contributed by atoms with E-state index in [0.29, 0.717) is 24.9 Å². The fraction of sp³-hybridized carbons (Fsp3) is 0.364. The van der Waals surface area contributed by atoms with Crippen molar-refractivity contribution in [1.29, 1.82) is 0 Å². The van der Waals surface area contributed by atoms with E-state index in [4.69, 9.17) is 5.11 Å². The molecular formula is C11H14N2O4. The van der Waals surface area contributed by atoms with E-state index in [1.165, 1.54) is 24.3 Å². The monoisotopic (exact) mass is 238 g/mol. The molecule has 0 spiro atoms. The number of nitrogens with one attached hydrogen (secondary N) is 1. The Morgan fingerprint density at radius 3 is 2.47 bits per heavy atom. The molecule has 0 radical (unpaired) electrons. The number of nitro groups is 1. The third kappa shape index (κ3) is 4.20. The van der Waals surface area contributed by atoms with Crippen LogP contribution in [0.5, 0.6) is 0 Å². The van der Waals surface area contributed by atoms with Crippen LogP contribution in [0.4, 0.5) is 5.69 Å². The molecule has 0 saturated carbocycles. The number of hydrogen-bond donors (Lipinski definition) is 2. The van der Waals surface area contributed by atoms with Gasteiger partial charge in [-0.05, 0) is 25.0 Å². The number of hydrogen-bond acceptors (Lipinski definition) is 4. The fourth-order valence-electron chi connectivity index (χ4n) is 1.28. The Morgan fingerprint density at radius 2 is 1.94 bits per heavy atom. The van der Waals surface area contributed by atoms with Crippen LogP contribution in [-0.2, 0) is 0 Å². The summed E-state index contributed by atoms with van der Waals surface area (Å²) in [7, 11) is 0. The highest BCUT2D eigenvalue weighted by Crippen LogP contribution is 2.11. The number of nitro benzene ring substituents is 1. The molecule has 17 heavy (non-hydrogen) atoms. The summed E-state index contributed by atoms with van der Waals surface area (Å²) in [6, 6.07) is 5.42. The van der Waals surface area contributed by atoms with Crippen LogP contribution >= 0.6 is 0 Å². The lowest BCUT2D eigenvalue weighted by Crippen LogP contribution is -2.24. The number of rotatable bonds is 6. The molecule has 0 fully saturated rings. The van der Waals surface area contributed by atoms with Gasteiger partial charge in [0.1, 0.15) is 0 Å². The lowest BCUT2D eigenvalue weighted by molar-refractivity contribution is -0.384. The molecule has 1 aromatic rings. The van der Waals surface area contributed by atoms with E-state index in [0.717, 1.165) is 0 Å². The summed E-state index contributed by atoms with van der Waals surface area (Å²) < 4.78 is 0. The second kappa shape index (κ2) is 6.59. The minimum absolute atomic E-state index is 0.0400. The summed E-state index contributed by atoms with van der Waals surface area (Å²) >= 11 is 0. The first kappa shape index (κ1) is 13.1. The third-order valence-corrected chi connectivity index (χ3v) is 2.21. The van der Waals surface area contributed by atoms with Gasteiger partial charge in [0.05, 0.1) is 4.92 Å². The normalized spacial score (nSPS) is 9.94. The number of amides is 1. The average Bonchev–Trinajstić information content (AvgIpc) is 2.34. The van der Waals surface area contributed by atoms with Crippen molar-refractivity contribution in [2.75, 3.05) is 13.2 Å². The van der Waals surface area contributed by atoms with Crippen molar-refractivity contribution in [3.63, 3.8) is 0 Å². The first-order valence-corrected chi connectivity index (χ1v) is 5.28. The molecule has 0 bridgehead atoms. The average molecular weight is 238 g/mol. The molecule has 1 rings (SSSR count). The zero-order chi connectivity index (χ0) is 12.7. The first-order chi connectivity index (χ1) is 8.15. The van der Waals surface area contributed by atoms with Crippen molar-refractivity contribution < 1.29 is 14.8 Å². The highest BCUT2D eigenvalue weighted by Gasteiger charge is 2.08. The van der Waals surface area contributed by atoms with E-state index in [-0.39, 0.29) is 18.2 Å². The van der Waals surface area contributed by atoms with E-state index in [1.807, 2.05) is 0 Å². The zero-order valence-electron chi connectivity index (χ0n) is 9.26. The van der Waals surface area contributed by atoms with E-state index < -0.39 is 4.92 Å². The van der Waals surface area contributed by atoms with Gasteiger partial charge in [0, 0.05) is 30.8 Å². The van der Waals surface area contributed by atoms with Crippen molar-refractivity contribution >= 4 is 11.6 Å². The van der Waals surface area contributed by atoms with E-state index in [2.05, 4.69) is 5.32 Å². The van der Waals surface area contributed by atoms with Crippen LogP contribution in [0.1, 0.15) is 23.2 Å². The van der Waals surface area contributed by atoms with Crippen LogP contribution in [-0.4, -0.2) is 29.1 Å². The number of aliphatic hydroxyl groups excluding tert-OH is 1. The van der Waals surface area contributed by atoms with Gasteiger partial charge in [0.15, 0.2) is 0 Å². The Bertz CT molecular complexity index is 389. The van der Waals surface area contributed by atoms with Gasteiger partial charge in [0.2, 0.25) is 0 Å². The predicted octanol–water partition coefficient (Wildman–Crippen LogP) is 1.10. The topological polar surface area (TPSA) is 92.5 Å². The molecule has 0 unspecified atom stereocenters. The van der Waals surface area contributed by atoms with Crippen LogP contribution in [0.15, 0.2) is 24.3 Å². The van der Waals surface area contributed by atoms with Crippen molar-refractivity contribution in [2.24, 2.45) is 0 Å². The smallest absolute Gasteiger partial charge is 0.269 e. The summed E-state index contributed by atoms with van der Waals surface area (Å²) in [4.78, 5) is 21.4. The molecule has 6 nitrogen and oxygen atoms in total. The van der Waals surface area contributed by atoms with E-state index in [9.17, 15) is 14.9 Å². The molecule has 0 aliphatic rings. The largest absolute Gasteiger partial charge is 0.396 e.